The summed E-state index contributed by atoms with van der Waals surface area (Å²) in [5.41, 5.74) is 3.31. The molecule has 1 saturated heterocycles. The highest BCUT2D eigenvalue weighted by Crippen LogP contribution is 2.35. The highest BCUT2D eigenvalue weighted by atomic mass is 35.5. The number of halogens is 2. The van der Waals surface area contributed by atoms with Crippen LogP contribution in [0.3, 0.4) is 0 Å². The van der Waals surface area contributed by atoms with Crippen LogP contribution in [-0.4, -0.2) is 59.6 Å². The maximum absolute atomic E-state index is 13.7. The maximum atomic E-state index is 13.7. The fourth-order valence-corrected chi connectivity index (χ4v) is 5.05. The van der Waals surface area contributed by atoms with Gasteiger partial charge in [-0.05, 0) is 43.7 Å². The zero-order valence-corrected chi connectivity index (χ0v) is 19.4. The van der Waals surface area contributed by atoms with Gasteiger partial charge < -0.3 is 4.90 Å². The third-order valence-corrected chi connectivity index (χ3v) is 7.73. The van der Waals surface area contributed by atoms with Gasteiger partial charge >= 0.3 is 0 Å². The van der Waals surface area contributed by atoms with E-state index < -0.39 is 10.0 Å². The van der Waals surface area contributed by atoms with Crippen molar-refractivity contribution in [1.29, 1.82) is 0 Å². The first kappa shape index (κ1) is 22.6. The van der Waals surface area contributed by atoms with Crippen molar-refractivity contribution in [2.75, 3.05) is 36.8 Å². The van der Waals surface area contributed by atoms with Crippen molar-refractivity contribution in [1.82, 2.24) is 19.3 Å². The third kappa shape index (κ3) is 4.46. The monoisotopic (exact) mass is 475 g/mol. The molecule has 10 heteroatoms. The second-order valence-corrected chi connectivity index (χ2v) is 10.2. The van der Waals surface area contributed by atoms with E-state index in [9.17, 15) is 12.8 Å². The van der Waals surface area contributed by atoms with Gasteiger partial charge in [0.2, 0.25) is 10.0 Å². The largest absolute Gasteiger partial charge is 0.353 e. The standard InChI is InChI=1S/C22H23ClFN5O2S/c1-3-32(30,31)29-10-8-28(9-11-29)20-14-26-21(17-5-4-16(24)12-15(17)2)22(27-20)18-6-7-25-13-19(18)23/h4-7,12-14H,3,8-11H2,1-2H3. The Labute approximate surface area is 192 Å². The van der Waals surface area contributed by atoms with E-state index in [0.29, 0.717) is 54.0 Å². The molecule has 2 aromatic heterocycles. The van der Waals surface area contributed by atoms with E-state index in [0.717, 1.165) is 11.1 Å². The molecule has 3 aromatic rings. The first-order chi connectivity index (χ1) is 15.3. The lowest BCUT2D eigenvalue weighted by Crippen LogP contribution is -2.49. The van der Waals surface area contributed by atoms with Crippen LogP contribution in [0.2, 0.25) is 5.02 Å². The second-order valence-electron chi connectivity index (χ2n) is 7.53. The SMILES string of the molecule is CCS(=O)(=O)N1CCN(c2cnc(-c3ccc(F)cc3C)c(-c3ccncc3Cl)n2)CC1. The minimum absolute atomic E-state index is 0.0865. The molecule has 168 valence electrons. The average Bonchev–Trinajstić information content (AvgIpc) is 2.79. The van der Waals surface area contributed by atoms with E-state index in [2.05, 4.69) is 9.97 Å². The van der Waals surface area contributed by atoms with E-state index in [4.69, 9.17) is 16.6 Å². The number of anilines is 1. The molecule has 1 aromatic carbocycles. The molecule has 32 heavy (non-hydrogen) atoms. The molecule has 0 atom stereocenters. The molecule has 0 amide bonds. The van der Waals surface area contributed by atoms with Crippen molar-refractivity contribution in [2.24, 2.45) is 0 Å². The number of hydrogen-bond acceptors (Lipinski definition) is 6. The number of pyridine rings is 1. The van der Waals surface area contributed by atoms with Crippen molar-refractivity contribution in [3.63, 3.8) is 0 Å². The Hall–Kier alpha value is -2.62. The number of rotatable bonds is 5. The van der Waals surface area contributed by atoms with Crippen LogP contribution in [0.1, 0.15) is 12.5 Å². The topological polar surface area (TPSA) is 79.3 Å². The molecular weight excluding hydrogens is 453 g/mol. The van der Waals surface area contributed by atoms with Crippen LogP contribution >= 0.6 is 11.6 Å². The van der Waals surface area contributed by atoms with E-state index in [-0.39, 0.29) is 11.6 Å². The Bertz CT molecular complexity index is 1250. The van der Waals surface area contributed by atoms with Crippen LogP contribution < -0.4 is 4.90 Å². The quantitative estimate of drug-likeness (QED) is 0.558. The smallest absolute Gasteiger partial charge is 0.213 e. The minimum atomic E-state index is -3.22. The number of nitrogens with zero attached hydrogens (tertiary/aromatic N) is 5. The van der Waals surface area contributed by atoms with Gasteiger partial charge in [-0.3, -0.25) is 9.97 Å². The number of piperazine rings is 1. The van der Waals surface area contributed by atoms with Gasteiger partial charge in [-0.25, -0.2) is 17.8 Å². The number of sulfonamides is 1. The lowest BCUT2D eigenvalue weighted by atomic mass is 10.0. The Balaban J connectivity index is 1.74. The zero-order chi connectivity index (χ0) is 22.9. The molecule has 1 aliphatic rings. The Morgan fingerprint density at radius 3 is 2.47 bits per heavy atom. The van der Waals surface area contributed by atoms with Crippen LogP contribution in [-0.2, 0) is 10.0 Å². The summed E-state index contributed by atoms with van der Waals surface area (Å²) in [6.07, 6.45) is 4.84. The van der Waals surface area contributed by atoms with Crippen LogP contribution in [0.4, 0.5) is 10.2 Å². The summed E-state index contributed by atoms with van der Waals surface area (Å²) in [5, 5.41) is 0.429. The highest BCUT2D eigenvalue weighted by molar-refractivity contribution is 7.89. The first-order valence-corrected chi connectivity index (χ1v) is 12.2. The molecule has 0 N–H and O–H groups in total. The molecule has 0 saturated carbocycles. The fraction of sp³-hybridized carbons (Fsp3) is 0.318. The van der Waals surface area contributed by atoms with Crippen molar-refractivity contribution >= 4 is 27.4 Å². The Morgan fingerprint density at radius 1 is 1.06 bits per heavy atom. The van der Waals surface area contributed by atoms with Crippen LogP contribution in [0.25, 0.3) is 22.5 Å². The first-order valence-electron chi connectivity index (χ1n) is 10.3. The maximum Gasteiger partial charge on any atom is 0.213 e. The molecule has 1 fully saturated rings. The normalized spacial score (nSPS) is 15.2. The number of aromatic nitrogens is 3. The third-order valence-electron chi connectivity index (χ3n) is 5.55. The summed E-state index contributed by atoms with van der Waals surface area (Å²) in [5.74, 6) is 0.396. The van der Waals surface area contributed by atoms with Crippen LogP contribution in [0.15, 0.2) is 42.9 Å². The van der Waals surface area contributed by atoms with Gasteiger partial charge in [0, 0.05) is 49.7 Å². The number of benzene rings is 1. The van der Waals surface area contributed by atoms with E-state index in [1.54, 1.807) is 37.6 Å². The van der Waals surface area contributed by atoms with Gasteiger partial charge in [0.05, 0.1) is 22.7 Å². The Morgan fingerprint density at radius 2 is 1.81 bits per heavy atom. The fourth-order valence-electron chi connectivity index (χ4n) is 3.76. The summed E-state index contributed by atoms with van der Waals surface area (Å²) in [7, 11) is -3.22. The molecule has 4 rings (SSSR count). The predicted octanol–water partition coefficient (Wildman–Crippen LogP) is 3.78. The molecule has 0 spiro atoms. The van der Waals surface area contributed by atoms with Crippen molar-refractivity contribution in [3.05, 3.63) is 59.3 Å². The van der Waals surface area contributed by atoms with Gasteiger partial charge in [0.1, 0.15) is 17.3 Å². The minimum Gasteiger partial charge on any atom is -0.353 e. The Kier molecular flexibility index (Phi) is 6.41. The zero-order valence-electron chi connectivity index (χ0n) is 17.8. The second kappa shape index (κ2) is 9.09. The molecule has 0 aliphatic carbocycles. The molecule has 1 aliphatic heterocycles. The van der Waals surface area contributed by atoms with Gasteiger partial charge in [-0.2, -0.15) is 4.31 Å². The highest BCUT2D eigenvalue weighted by Gasteiger charge is 2.27. The van der Waals surface area contributed by atoms with Gasteiger partial charge in [-0.15, -0.1) is 0 Å². The molecule has 3 heterocycles. The van der Waals surface area contributed by atoms with E-state index in [1.165, 1.54) is 16.4 Å². The van der Waals surface area contributed by atoms with Crippen LogP contribution in [0.5, 0.6) is 0 Å². The lowest BCUT2D eigenvalue weighted by Gasteiger charge is -2.34. The van der Waals surface area contributed by atoms with Gasteiger partial charge in [0.25, 0.3) is 0 Å². The lowest BCUT2D eigenvalue weighted by molar-refractivity contribution is 0.384. The molecule has 0 bridgehead atoms. The number of hydrogen-bond donors (Lipinski definition) is 0. The average molecular weight is 476 g/mol. The number of aryl methyl sites for hydroxylation is 1. The summed E-state index contributed by atoms with van der Waals surface area (Å²) in [6.45, 7) is 5.26. The van der Waals surface area contributed by atoms with Crippen molar-refractivity contribution in [3.8, 4) is 22.5 Å². The summed E-state index contributed by atoms with van der Waals surface area (Å²) in [4.78, 5) is 15.6. The summed E-state index contributed by atoms with van der Waals surface area (Å²) >= 11 is 6.43. The van der Waals surface area contributed by atoms with Crippen molar-refractivity contribution in [2.45, 2.75) is 13.8 Å². The van der Waals surface area contributed by atoms with Crippen molar-refractivity contribution < 1.29 is 12.8 Å². The molecule has 0 unspecified atom stereocenters. The van der Waals surface area contributed by atoms with E-state index in [1.807, 2.05) is 11.8 Å². The molecule has 7 nitrogen and oxygen atoms in total. The summed E-state index contributed by atoms with van der Waals surface area (Å²) in [6, 6.07) is 6.30. The van der Waals surface area contributed by atoms with E-state index >= 15 is 0 Å². The van der Waals surface area contributed by atoms with Crippen LogP contribution in [0, 0.1) is 12.7 Å². The molecular formula is C22H23ClFN5O2S. The van der Waals surface area contributed by atoms with Gasteiger partial charge in [0.15, 0.2) is 0 Å². The molecule has 0 radical (unpaired) electrons. The predicted molar refractivity (Wildman–Crippen MR) is 124 cm³/mol. The summed E-state index contributed by atoms with van der Waals surface area (Å²) < 4.78 is 39.5. The van der Waals surface area contributed by atoms with Gasteiger partial charge in [-0.1, -0.05) is 11.6 Å².